The Bertz CT molecular complexity index is 366. The predicted octanol–water partition coefficient (Wildman–Crippen LogP) is 0.615. The minimum atomic E-state index is -0.938. The van der Waals surface area contributed by atoms with Crippen molar-refractivity contribution in [2.75, 3.05) is 13.2 Å². The van der Waals surface area contributed by atoms with Crippen LogP contribution < -0.4 is 10.5 Å². The summed E-state index contributed by atoms with van der Waals surface area (Å²) >= 11 is 5.95. The van der Waals surface area contributed by atoms with Crippen LogP contribution in [0.2, 0.25) is 5.02 Å². The van der Waals surface area contributed by atoms with Crippen LogP contribution in [0.3, 0.4) is 0 Å². The number of hydrogen-bond acceptors (Lipinski definition) is 5. The van der Waals surface area contributed by atoms with Gasteiger partial charge in [-0.15, -0.1) is 0 Å². The Kier molecular flexibility index (Phi) is 6.12. The minimum Gasteiger partial charge on any atom is -0.489 e. The van der Waals surface area contributed by atoms with Gasteiger partial charge >= 0.3 is 0 Å². The van der Waals surface area contributed by atoms with E-state index in [4.69, 9.17) is 37.2 Å². The maximum absolute atomic E-state index is 9.12. The van der Waals surface area contributed by atoms with Crippen molar-refractivity contribution >= 4 is 20.4 Å². The lowest BCUT2D eigenvalue weighted by atomic mass is 10.2. The first kappa shape index (κ1) is 14.6. The van der Waals surface area contributed by atoms with Crippen LogP contribution in [0.15, 0.2) is 18.2 Å². The summed E-state index contributed by atoms with van der Waals surface area (Å²) in [5.74, 6) is -0.0547. The zero-order valence-corrected chi connectivity index (χ0v) is 10.8. The highest BCUT2D eigenvalue weighted by Gasteiger charge is 2.10. The highest BCUT2D eigenvalue weighted by Crippen LogP contribution is 2.32. The Balaban J connectivity index is 2.69. The molecule has 0 saturated heterocycles. The summed E-state index contributed by atoms with van der Waals surface area (Å²) in [7, 11) is -0.396. The average molecular weight is 280 g/mol. The number of aliphatic hydroxyl groups is 2. The molecule has 0 aliphatic rings. The van der Waals surface area contributed by atoms with E-state index in [0.29, 0.717) is 16.3 Å². The summed E-state index contributed by atoms with van der Waals surface area (Å²) < 4.78 is 5.21. The van der Waals surface area contributed by atoms with Crippen LogP contribution in [0, 0.1) is 0 Å². The van der Waals surface area contributed by atoms with Crippen LogP contribution >= 0.6 is 20.4 Å². The fourth-order valence-corrected chi connectivity index (χ4v) is 1.71. The largest absolute Gasteiger partial charge is 0.489 e. The summed E-state index contributed by atoms with van der Waals surface area (Å²) in [6, 6.07) is 4.91. The van der Waals surface area contributed by atoms with Crippen molar-refractivity contribution in [3.05, 3.63) is 28.8 Å². The molecule has 3 unspecified atom stereocenters. The molecule has 0 aliphatic carbocycles. The molecule has 1 aromatic rings. The van der Waals surface area contributed by atoms with Crippen LogP contribution in [0.1, 0.15) is 11.3 Å². The van der Waals surface area contributed by atoms with Crippen LogP contribution in [0.25, 0.3) is 0 Å². The van der Waals surface area contributed by atoms with E-state index in [2.05, 4.69) is 0 Å². The summed E-state index contributed by atoms with van der Waals surface area (Å²) in [6.45, 7) is -0.407. The van der Waals surface area contributed by atoms with Crippen LogP contribution in [-0.4, -0.2) is 34.4 Å². The lowest BCUT2D eigenvalue weighted by Gasteiger charge is -2.13. The monoisotopic (exact) mass is 279 g/mol. The minimum absolute atomic E-state index is 0.0383. The molecule has 7 heteroatoms. The third-order valence-corrected chi connectivity index (χ3v) is 3.00. The molecule has 1 aromatic carbocycles. The molecule has 0 bridgehead atoms. The van der Waals surface area contributed by atoms with E-state index in [0.717, 1.165) is 0 Å². The Morgan fingerprint density at radius 2 is 2.18 bits per heavy atom. The molecule has 96 valence electrons. The number of aliphatic hydroxyl groups excluding tert-OH is 2. The number of halogens is 1. The molecule has 17 heavy (non-hydrogen) atoms. The first-order valence-corrected chi connectivity index (χ1v) is 6.35. The van der Waals surface area contributed by atoms with E-state index in [1.807, 2.05) is 0 Å². The molecule has 0 radical (unpaired) electrons. The number of ether oxygens (including phenoxy) is 1. The van der Waals surface area contributed by atoms with Gasteiger partial charge in [-0.1, -0.05) is 17.7 Å². The molecule has 3 atom stereocenters. The molecule has 0 aromatic heterocycles. The molecule has 0 saturated carbocycles. The maximum atomic E-state index is 9.12. The van der Waals surface area contributed by atoms with Crippen molar-refractivity contribution in [3.63, 3.8) is 0 Å². The van der Waals surface area contributed by atoms with Gasteiger partial charge in [0.2, 0.25) is 0 Å². The van der Waals surface area contributed by atoms with Gasteiger partial charge in [-0.3, -0.25) is 0 Å². The van der Waals surface area contributed by atoms with E-state index in [9.17, 15) is 0 Å². The van der Waals surface area contributed by atoms with Crippen molar-refractivity contribution in [1.82, 2.24) is 0 Å². The van der Waals surface area contributed by atoms with E-state index in [-0.39, 0.29) is 13.2 Å². The molecule has 0 fully saturated rings. The number of hydrogen-bond donors (Lipinski definition) is 4. The standard InChI is InChI=1S/C10H15ClNO4P/c11-8-3-6(10(12)17-15)1-2-9(8)16-5-7(14)4-13/h1-3,7,10,13-15,17H,4-5,12H2. The van der Waals surface area contributed by atoms with Crippen LogP contribution in [-0.2, 0) is 0 Å². The fourth-order valence-electron chi connectivity index (χ4n) is 1.14. The average Bonchev–Trinajstić information content (AvgIpc) is 2.35. The highest BCUT2D eigenvalue weighted by atomic mass is 35.5. The lowest BCUT2D eigenvalue weighted by molar-refractivity contribution is 0.0536. The normalized spacial score (nSPS) is 15.1. The zero-order valence-electron chi connectivity index (χ0n) is 9.01. The highest BCUT2D eigenvalue weighted by molar-refractivity contribution is 7.31. The topological polar surface area (TPSA) is 95.9 Å². The molecular formula is C10H15ClNO4P. The first-order chi connectivity index (χ1) is 8.08. The summed E-state index contributed by atoms with van der Waals surface area (Å²) in [4.78, 5) is 8.92. The van der Waals surface area contributed by atoms with Gasteiger partial charge in [-0.05, 0) is 17.7 Å². The third kappa shape index (κ3) is 4.39. The maximum Gasteiger partial charge on any atom is 0.138 e. The molecule has 1 rings (SSSR count). The Labute approximate surface area is 106 Å². The van der Waals surface area contributed by atoms with Crippen LogP contribution in [0.4, 0.5) is 0 Å². The van der Waals surface area contributed by atoms with E-state index in [1.165, 1.54) is 0 Å². The molecule has 0 heterocycles. The molecule has 0 spiro atoms. The van der Waals surface area contributed by atoms with Gasteiger partial charge in [-0.25, -0.2) is 0 Å². The second kappa shape index (κ2) is 7.11. The fraction of sp³-hybridized carbons (Fsp3) is 0.400. The van der Waals surface area contributed by atoms with Gasteiger partial charge in [0.25, 0.3) is 0 Å². The Morgan fingerprint density at radius 1 is 1.47 bits per heavy atom. The Morgan fingerprint density at radius 3 is 2.71 bits per heavy atom. The summed E-state index contributed by atoms with van der Waals surface area (Å²) in [5, 5.41) is 18.1. The van der Waals surface area contributed by atoms with E-state index < -0.39 is 20.7 Å². The van der Waals surface area contributed by atoms with Gasteiger partial charge in [0.15, 0.2) is 0 Å². The van der Waals surface area contributed by atoms with E-state index in [1.54, 1.807) is 18.2 Å². The zero-order chi connectivity index (χ0) is 12.8. The second-order valence-corrected chi connectivity index (χ2v) is 4.73. The van der Waals surface area contributed by atoms with Crippen LogP contribution in [0.5, 0.6) is 5.75 Å². The summed E-state index contributed by atoms with van der Waals surface area (Å²) in [6.07, 6.45) is -0.938. The predicted molar refractivity (Wildman–Crippen MR) is 67.5 cm³/mol. The number of nitrogens with two attached hydrogens (primary N) is 1. The van der Waals surface area contributed by atoms with Crippen molar-refractivity contribution in [3.8, 4) is 5.75 Å². The quantitative estimate of drug-likeness (QED) is 0.573. The molecule has 5 N–H and O–H groups in total. The second-order valence-electron chi connectivity index (χ2n) is 3.44. The van der Waals surface area contributed by atoms with Crippen molar-refractivity contribution in [1.29, 1.82) is 0 Å². The molecule has 0 aliphatic heterocycles. The van der Waals surface area contributed by atoms with Crippen molar-refractivity contribution in [2.24, 2.45) is 5.73 Å². The van der Waals surface area contributed by atoms with Crippen molar-refractivity contribution in [2.45, 2.75) is 11.9 Å². The first-order valence-electron chi connectivity index (χ1n) is 4.95. The summed E-state index contributed by atoms with van der Waals surface area (Å²) in [5.41, 5.74) is 6.36. The Hall–Kier alpha value is -0.420. The van der Waals surface area contributed by atoms with Gasteiger partial charge in [0.05, 0.1) is 17.4 Å². The molecular weight excluding hydrogens is 265 g/mol. The number of benzene rings is 1. The van der Waals surface area contributed by atoms with E-state index >= 15 is 0 Å². The number of rotatable bonds is 6. The van der Waals surface area contributed by atoms with Gasteiger partial charge in [-0.2, -0.15) is 0 Å². The van der Waals surface area contributed by atoms with Crippen molar-refractivity contribution < 1.29 is 19.8 Å². The molecule has 0 amide bonds. The van der Waals surface area contributed by atoms with Gasteiger partial charge in [0.1, 0.15) is 18.5 Å². The lowest BCUT2D eigenvalue weighted by Crippen LogP contribution is -2.21. The van der Waals surface area contributed by atoms with Gasteiger partial charge in [0, 0.05) is 8.81 Å². The van der Waals surface area contributed by atoms with Gasteiger partial charge < -0.3 is 25.6 Å². The molecule has 5 nitrogen and oxygen atoms in total. The SMILES string of the molecule is NC(PO)c1ccc(OCC(O)CO)c(Cl)c1. The smallest absolute Gasteiger partial charge is 0.138 e. The third-order valence-electron chi connectivity index (χ3n) is 2.10.